The molecule has 27 heavy (non-hydrogen) atoms. The zero-order valence-electron chi connectivity index (χ0n) is 16.0. The van der Waals surface area contributed by atoms with E-state index in [9.17, 15) is 5.11 Å². The van der Waals surface area contributed by atoms with Gasteiger partial charge in [-0.25, -0.2) is 4.98 Å². The Kier molecular flexibility index (Phi) is 5.03. The number of fused-ring (bicyclic) bond motifs is 1. The van der Waals surface area contributed by atoms with Gasteiger partial charge in [-0.1, -0.05) is 23.5 Å². The fourth-order valence-corrected chi connectivity index (χ4v) is 5.18. The number of nitrogens with one attached hydrogen (secondary N) is 2. The van der Waals surface area contributed by atoms with Gasteiger partial charge in [0.1, 0.15) is 42.6 Å². The molecule has 0 saturated carbocycles. The standard InChI is InChI=1S/C19H25N5O2S/c1-4-22-8-10-23(11-9-22)16(14-6-5-7-15(12-14)26-3)17-18(25)24-19(27-17)20-13(2)21-24/h5-7,12,16,25H,4,8-11H2,1-3H3/p+2/t16-/m1/s1. The number of aryl methyl sites for hydroxylation is 1. The lowest BCUT2D eigenvalue weighted by molar-refractivity contribution is -1.02. The van der Waals surface area contributed by atoms with Crippen LogP contribution in [0, 0.1) is 6.92 Å². The zero-order valence-corrected chi connectivity index (χ0v) is 16.8. The van der Waals surface area contributed by atoms with Crippen LogP contribution in [0.1, 0.15) is 29.2 Å². The van der Waals surface area contributed by atoms with E-state index >= 15 is 0 Å². The molecular formula is C19H27N5O2S+2. The highest BCUT2D eigenvalue weighted by atomic mass is 32.1. The van der Waals surface area contributed by atoms with E-state index in [0.717, 1.165) is 47.3 Å². The third kappa shape index (κ3) is 3.40. The van der Waals surface area contributed by atoms with Gasteiger partial charge in [-0.05, 0) is 26.0 Å². The fraction of sp³-hybridized carbons (Fsp3) is 0.474. The Morgan fingerprint density at radius 1 is 1.30 bits per heavy atom. The van der Waals surface area contributed by atoms with Crippen LogP contribution in [0.2, 0.25) is 0 Å². The van der Waals surface area contributed by atoms with E-state index < -0.39 is 0 Å². The van der Waals surface area contributed by atoms with Crippen molar-refractivity contribution >= 4 is 16.3 Å². The van der Waals surface area contributed by atoms with Gasteiger partial charge in [-0.15, -0.1) is 5.10 Å². The van der Waals surface area contributed by atoms with E-state index in [2.05, 4.69) is 29.1 Å². The average molecular weight is 390 g/mol. The first-order valence-corrected chi connectivity index (χ1v) is 10.3. The van der Waals surface area contributed by atoms with Crippen LogP contribution in [0.5, 0.6) is 11.6 Å². The van der Waals surface area contributed by atoms with Crippen molar-refractivity contribution in [1.82, 2.24) is 14.6 Å². The minimum atomic E-state index is 0.0484. The lowest BCUT2D eigenvalue weighted by atomic mass is 10.0. The average Bonchev–Trinajstić information content (AvgIpc) is 3.20. The molecule has 0 bridgehead atoms. The Labute approximate surface area is 162 Å². The predicted octanol–water partition coefficient (Wildman–Crippen LogP) is -0.294. The van der Waals surface area contributed by atoms with Crippen molar-refractivity contribution in [1.29, 1.82) is 0 Å². The molecule has 1 fully saturated rings. The summed E-state index contributed by atoms with van der Waals surface area (Å²) in [5, 5.41) is 15.3. The van der Waals surface area contributed by atoms with Crippen LogP contribution < -0.4 is 14.5 Å². The number of aromatic hydroxyl groups is 1. The maximum atomic E-state index is 10.9. The van der Waals surface area contributed by atoms with E-state index in [1.807, 2.05) is 19.1 Å². The highest BCUT2D eigenvalue weighted by molar-refractivity contribution is 7.17. The molecule has 3 N–H and O–H groups in total. The van der Waals surface area contributed by atoms with Gasteiger partial charge < -0.3 is 19.6 Å². The largest absolute Gasteiger partial charge is 0.497 e. The number of piperazine rings is 1. The van der Waals surface area contributed by atoms with Crippen LogP contribution in [0.15, 0.2) is 24.3 Å². The summed E-state index contributed by atoms with van der Waals surface area (Å²) in [5.74, 6) is 1.72. The summed E-state index contributed by atoms with van der Waals surface area (Å²) in [6, 6.07) is 8.23. The van der Waals surface area contributed by atoms with Gasteiger partial charge in [0.05, 0.1) is 13.7 Å². The maximum Gasteiger partial charge on any atom is 0.235 e. The normalized spacial score (nSPS) is 21.4. The van der Waals surface area contributed by atoms with Gasteiger partial charge in [0.15, 0.2) is 6.04 Å². The molecule has 0 spiro atoms. The molecule has 0 amide bonds. The molecule has 4 rings (SSSR count). The highest BCUT2D eigenvalue weighted by Crippen LogP contribution is 2.35. The number of methoxy groups -OCH3 is 1. The van der Waals surface area contributed by atoms with Crippen molar-refractivity contribution in [3.63, 3.8) is 0 Å². The van der Waals surface area contributed by atoms with E-state index in [1.165, 1.54) is 22.8 Å². The Balaban J connectivity index is 1.77. The molecule has 3 aromatic rings. The molecule has 1 atom stereocenters. The summed E-state index contributed by atoms with van der Waals surface area (Å²) in [4.78, 5) is 9.23. The summed E-state index contributed by atoms with van der Waals surface area (Å²) in [6.07, 6.45) is 0. The van der Waals surface area contributed by atoms with E-state index in [0.29, 0.717) is 5.82 Å². The van der Waals surface area contributed by atoms with E-state index in [1.54, 1.807) is 16.5 Å². The first kappa shape index (κ1) is 18.2. The molecule has 1 saturated heterocycles. The first-order valence-electron chi connectivity index (χ1n) is 9.47. The molecule has 3 heterocycles. The van der Waals surface area contributed by atoms with Crippen LogP contribution in [0.3, 0.4) is 0 Å². The fourth-order valence-electron chi connectivity index (χ4n) is 4.00. The van der Waals surface area contributed by atoms with Crippen LogP contribution in [-0.4, -0.2) is 59.5 Å². The van der Waals surface area contributed by atoms with Crippen LogP contribution in [0.4, 0.5) is 0 Å². The minimum Gasteiger partial charge on any atom is -0.497 e. The van der Waals surface area contributed by atoms with Crippen molar-refractivity contribution in [2.75, 3.05) is 39.8 Å². The topological polar surface area (TPSA) is 68.5 Å². The number of nitrogens with zero attached hydrogens (tertiary/aromatic N) is 3. The second-order valence-electron chi connectivity index (χ2n) is 7.11. The number of quaternary nitrogens is 2. The zero-order chi connectivity index (χ0) is 19.0. The number of rotatable bonds is 5. The van der Waals surface area contributed by atoms with Gasteiger partial charge in [0.25, 0.3) is 0 Å². The second kappa shape index (κ2) is 7.46. The molecule has 1 aromatic carbocycles. The number of aromatic nitrogens is 3. The molecule has 0 unspecified atom stereocenters. The highest BCUT2D eigenvalue weighted by Gasteiger charge is 2.36. The summed E-state index contributed by atoms with van der Waals surface area (Å²) in [7, 11) is 1.69. The minimum absolute atomic E-state index is 0.0484. The summed E-state index contributed by atoms with van der Waals surface area (Å²) in [5.41, 5.74) is 1.15. The van der Waals surface area contributed by atoms with E-state index in [-0.39, 0.29) is 11.9 Å². The molecule has 0 radical (unpaired) electrons. The summed E-state index contributed by atoms with van der Waals surface area (Å²) >= 11 is 1.53. The molecule has 7 nitrogen and oxygen atoms in total. The number of hydrogen-bond acceptors (Lipinski definition) is 5. The monoisotopic (exact) mass is 389 g/mol. The molecule has 1 aliphatic rings. The molecule has 1 aliphatic heterocycles. The van der Waals surface area contributed by atoms with Gasteiger partial charge in [0.2, 0.25) is 10.8 Å². The molecular weight excluding hydrogens is 362 g/mol. The summed E-state index contributed by atoms with van der Waals surface area (Å²) in [6.45, 7) is 9.68. The summed E-state index contributed by atoms with van der Waals surface area (Å²) < 4.78 is 7.02. The lowest BCUT2D eigenvalue weighted by Crippen LogP contribution is -3.28. The molecule has 8 heteroatoms. The lowest BCUT2D eigenvalue weighted by Gasteiger charge is -2.34. The first-order chi connectivity index (χ1) is 13.1. The Bertz CT molecular complexity index is 929. The Morgan fingerprint density at radius 3 is 2.74 bits per heavy atom. The molecule has 2 aromatic heterocycles. The third-order valence-electron chi connectivity index (χ3n) is 5.50. The number of likely N-dealkylation sites (N-methyl/N-ethyl adjacent to an activating group) is 1. The second-order valence-corrected chi connectivity index (χ2v) is 8.12. The Morgan fingerprint density at radius 2 is 2.07 bits per heavy atom. The van der Waals surface area contributed by atoms with Gasteiger partial charge in [-0.3, -0.25) is 0 Å². The number of thiazole rings is 1. The van der Waals surface area contributed by atoms with Crippen LogP contribution >= 0.6 is 11.3 Å². The van der Waals surface area contributed by atoms with Crippen molar-refractivity contribution < 1.29 is 19.6 Å². The van der Waals surface area contributed by atoms with Crippen molar-refractivity contribution in [2.45, 2.75) is 19.9 Å². The van der Waals surface area contributed by atoms with Crippen LogP contribution in [0.25, 0.3) is 4.96 Å². The maximum absolute atomic E-state index is 10.9. The van der Waals surface area contributed by atoms with Crippen molar-refractivity contribution in [2.24, 2.45) is 0 Å². The van der Waals surface area contributed by atoms with Crippen molar-refractivity contribution in [3.05, 3.63) is 40.5 Å². The predicted molar refractivity (Wildman–Crippen MR) is 104 cm³/mol. The van der Waals surface area contributed by atoms with Crippen molar-refractivity contribution in [3.8, 4) is 11.6 Å². The van der Waals surface area contributed by atoms with Gasteiger partial charge in [0, 0.05) is 5.56 Å². The SMILES string of the molecule is CC[NH+]1CC[NH+]([C@H](c2cccc(OC)c2)c2sc3nc(C)nn3c2O)CC1. The number of benzene rings is 1. The quantitative estimate of drug-likeness (QED) is 0.561. The van der Waals surface area contributed by atoms with Crippen LogP contribution in [-0.2, 0) is 0 Å². The smallest absolute Gasteiger partial charge is 0.235 e. The van der Waals surface area contributed by atoms with Gasteiger partial charge in [-0.2, -0.15) is 4.52 Å². The number of ether oxygens (including phenoxy) is 1. The molecule has 144 valence electrons. The Hall–Kier alpha value is -2.16. The third-order valence-corrected chi connectivity index (χ3v) is 6.59. The van der Waals surface area contributed by atoms with E-state index in [4.69, 9.17) is 4.74 Å². The molecule has 0 aliphatic carbocycles. The number of hydrogen-bond donors (Lipinski definition) is 3. The van der Waals surface area contributed by atoms with Gasteiger partial charge >= 0.3 is 0 Å².